The van der Waals surface area contributed by atoms with Crippen molar-refractivity contribution < 1.29 is 4.74 Å². The summed E-state index contributed by atoms with van der Waals surface area (Å²) < 4.78 is 8.08. The Morgan fingerprint density at radius 1 is 1.38 bits per heavy atom. The van der Waals surface area contributed by atoms with Crippen LogP contribution >= 0.6 is 11.6 Å². The smallest absolute Gasteiger partial charge is 0.147 e. The van der Waals surface area contributed by atoms with E-state index in [1.54, 1.807) is 0 Å². The number of aromatic nitrogens is 2. The zero-order valence-corrected chi connectivity index (χ0v) is 13.4. The van der Waals surface area contributed by atoms with E-state index in [1.807, 2.05) is 12.1 Å². The van der Waals surface area contributed by atoms with Crippen molar-refractivity contribution in [1.29, 1.82) is 0 Å². The molecule has 0 amide bonds. The van der Waals surface area contributed by atoms with Crippen molar-refractivity contribution in [3.8, 4) is 5.75 Å². The quantitative estimate of drug-likeness (QED) is 0.658. The van der Waals surface area contributed by atoms with Gasteiger partial charge in [0.15, 0.2) is 0 Å². The molecule has 3 nitrogen and oxygen atoms in total. The van der Waals surface area contributed by atoms with Crippen molar-refractivity contribution in [3.63, 3.8) is 0 Å². The molecule has 1 aromatic heterocycles. The fourth-order valence-electron chi connectivity index (χ4n) is 2.79. The molecule has 1 saturated carbocycles. The van der Waals surface area contributed by atoms with E-state index < -0.39 is 0 Å². The third-order valence-electron chi connectivity index (χ3n) is 4.09. The minimum absolute atomic E-state index is 0.450. The van der Waals surface area contributed by atoms with Crippen molar-refractivity contribution in [2.24, 2.45) is 5.92 Å². The predicted molar refractivity (Wildman–Crippen MR) is 87.0 cm³/mol. The van der Waals surface area contributed by atoms with E-state index in [-0.39, 0.29) is 0 Å². The standard InChI is InChI=1S/C17H23ClN2O/c1-2-11-21-15-7-3-6-14-17(15)19-16(12-18)20(14)10-4-5-13-8-9-13/h3,6-7,13H,2,4-5,8-12H2,1H3. The highest BCUT2D eigenvalue weighted by Crippen LogP contribution is 2.34. The number of nitrogens with zero attached hydrogens (tertiary/aromatic N) is 2. The van der Waals surface area contributed by atoms with Crippen molar-refractivity contribution in [2.45, 2.75) is 51.5 Å². The highest BCUT2D eigenvalue weighted by atomic mass is 35.5. The molecule has 1 aliphatic carbocycles. The number of imidazole rings is 1. The first kappa shape index (κ1) is 14.7. The van der Waals surface area contributed by atoms with Crippen LogP contribution in [0.25, 0.3) is 11.0 Å². The number of fused-ring (bicyclic) bond motifs is 1. The van der Waals surface area contributed by atoms with Crippen molar-refractivity contribution in [2.75, 3.05) is 6.61 Å². The molecule has 0 aliphatic heterocycles. The van der Waals surface area contributed by atoms with Crippen LogP contribution in [0.2, 0.25) is 0 Å². The Balaban J connectivity index is 1.85. The van der Waals surface area contributed by atoms with Crippen LogP contribution < -0.4 is 4.74 Å². The molecule has 2 aromatic rings. The van der Waals surface area contributed by atoms with Gasteiger partial charge in [0, 0.05) is 6.54 Å². The first-order chi connectivity index (χ1) is 10.3. The van der Waals surface area contributed by atoms with Crippen LogP contribution in [-0.4, -0.2) is 16.2 Å². The van der Waals surface area contributed by atoms with Crippen LogP contribution in [0.5, 0.6) is 5.75 Å². The number of para-hydroxylation sites is 1. The highest BCUT2D eigenvalue weighted by Gasteiger charge is 2.21. The average molecular weight is 307 g/mol. The molecule has 0 unspecified atom stereocenters. The van der Waals surface area contributed by atoms with Crippen LogP contribution in [0, 0.1) is 5.92 Å². The fraction of sp³-hybridized carbons (Fsp3) is 0.588. The van der Waals surface area contributed by atoms with E-state index in [0.717, 1.165) is 48.1 Å². The molecule has 0 saturated heterocycles. The third kappa shape index (κ3) is 3.34. The Morgan fingerprint density at radius 2 is 2.24 bits per heavy atom. The molecule has 3 rings (SSSR count). The van der Waals surface area contributed by atoms with E-state index in [1.165, 1.54) is 25.7 Å². The zero-order chi connectivity index (χ0) is 14.7. The van der Waals surface area contributed by atoms with Crippen LogP contribution in [0.3, 0.4) is 0 Å². The topological polar surface area (TPSA) is 27.1 Å². The fourth-order valence-corrected chi connectivity index (χ4v) is 3.00. The summed E-state index contributed by atoms with van der Waals surface area (Å²) in [7, 11) is 0. The molecule has 1 heterocycles. The minimum atomic E-state index is 0.450. The summed E-state index contributed by atoms with van der Waals surface area (Å²) >= 11 is 6.09. The lowest BCUT2D eigenvalue weighted by atomic mass is 10.2. The summed E-state index contributed by atoms with van der Waals surface area (Å²) in [4.78, 5) is 4.70. The number of halogens is 1. The van der Waals surface area contributed by atoms with Crippen molar-refractivity contribution in [3.05, 3.63) is 24.0 Å². The van der Waals surface area contributed by atoms with Gasteiger partial charge >= 0.3 is 0 Å². The number of ether oxygens (including phenoxy) is 1. The molecule has 1 aliphatic rings. The Bertz CT molecular complexity index is 604. The summed E-state index contributed by atoms with van der Waals surface area (Å²) in [6.45, 7) is 3.84. The third-order valence-corrected chi connectivity index (χ3v) is 4.33. The maximum absolute atomic E-state index is 6.09. The maximum Gasteiger partial charge on any atom is 0.147 e. The lowest BCUT2D eigenvalue weighted by Crippen LogP contribution is -2.02. The number of alkyl halides is 1. The second-order valence-electron chi connectivity index (χ2n) is 5.87. The summed E-state index contributed by atoms with van der Waals surface area (Å²) in [5.41, 5.74) is 2.10. The second-order valence-corrected chi connectivity index (χ2v) is 6.14. The Labute approximate surface area is 131 Å². The van der Waals surface area contributed by atoms with Gasteiger partial charge in [-0.15, -0.1) is 11.6 Å². The number of rotatable bonds is 8. The van der Waals surface area contributed by atoms with Gasteiger partial charge in [0.1, 0.15) is 17.1 Å². The van der Waals surface area contributed by atoms with Crippen molar-refractivity contribution >= 4 is 22.6 Å². The van der Waals surface area contributed by atoms with E-state index >= 15 is 0 Å². The summed E-state index contributed by atoms with van der Waals surface area (Å²) in [6.07, 6.45) is 6.37. The van der Waals surface area contributed by atoms with Crippen molar-refractivity contribution in [1.82, 2.24) is 9.55 Å². The summed E-state index contributed by atoms with van der Waals surface area (Å²) in [5, 5.41) is 0. The molecule has 0 bridgehead atoms. The van der Waals surface area contributed by atoms with Gasteiger partial charge in [-0.1, -0.05) is 25.8 Å². The molecule has 0 spiro atoms. The number of hydrogen-bond acceptors (Lipinski definition) is 2. The molecular formula is C17H23ClN2O. The lowest BCUT2D eigenvalue weighted by Gasteiger charge is -2.08. The van der Waals surface area contributed by atoms with E-state index in [0.29, 0.717) is 5.88 Å². The van der Waals surface area contributed by atoms with Crippen LogP contribution in [0.15, 0.2) is 18.2 Å². The highest BCUT2D eigenvalue weighted by molar-refractivity contribution is 6.16. The normalized spacial score (nSPS) is 14.8. The van der Waals surface area contributed by atoms with Gasteiger partial charge in [-0.25, -0.2) is 4.98 Å². The predicted octanol–water partition coefficient (Wildman–Crippen LogP) is 4.75. The largest absolute Gasteiger partial charge is 0.491 e. The van der Waals surface area contributed by atoms with Gasteiger partial charge < -0.3 is 9.30 Å². The van der Waals surface area contributed by atoms with E-state index in [9.17, 15) is 0 Å². The zero-order valence-electron chi connectivity index (χ0n) is 12.6. The molecule has 0 radical (unpaired) electrons. The molecule has 1 aromatic carbocycles. The summed E-state index contributed by atoms with van der Waals surface area (Å²) in [6, 6.07) is 6.16. The molecule has 114 valence electrons. The second kappa shape index (κ2) is 6.69. The molecule has 4 heteroatoms. The first-order valence-electron chi connectivity index (χ1n) is 8.00. The van der Waals surface area contributed by atoms with Gasteiger partial charge in [0.05, 0.1) is 18.0 Å². The van der Waals surface area contributed by atoms with Gasteiger partial charge in [-0.3, -0.25) is 0 Å². The van der Waals surface area contributed by atoms with E-state index in [2.05, 4.69) is 17.6 Å². The van der Waals surface area contributed by atoms with Gasteiger partial charge in [-0.05, 0) is 37.3 Å². The Morgan fingerprint density at radius 3 is 2.95 bits per heavy atom. The lowest BCUT2D eigenvalue weighted by molar-refractivity contribution is 0.320. The van der Waals surface area contributed by atoms with Crippen LogP contribution in [-0.2, 0) is 12.4 Å². The van der Waals surface area contributed by atoms with E-state index in [4.69, 9.17) is 21.3 Å². The van der Waals surface area contributed by atoms with Gasteiger partial charge in [0.25, 0.3) is 0 Å². The van der Waals surface area contributed by atoms with Crippen LogP contribution in [0.4, 0.5) is 0 Å². The van der Waals surface area contributed by atoms with Gasteiger partial charge in [-0.2, -0.15) is 0 Å². The Kier molecular flexibility index (Phi) is 4.69. The van der Waals surface area contributed by atoms with Gasteiger partial charge in [0.2, 0.25) is 0 Å². The van der Waals surface area contributed by atoms with Crippen LogP contribution in [0.1, 0.15) is 44.9 Å². The monoisotopic (exact) mass is 306 g/mol. The molecule has 21 heavy (non-hydrogen) atoms. The average Bonchev–Trinajstić information content (AvgIpc) is 3.26. The Hall–Kier alpha value is -1.22. The summed E-state index contributed by atoms with van der Waals surface area (Å²) in [5.74, 6) is 3.25. The minimum Gasteiger partial charge on any atom is -0.491 e. The molecular weight excluding hydrogens is 284 g/mol. The molecule has 1 fully saturated rings. The SMILES string of the molecule is CCCOc1cccc2c1nc(CCl)n2CCCC1CC1. The number of hydrogen-bond donors (Lipinski definition) is 0. The maximum atomic E-state index is 6.09. The first-order valence-corrected chi connectivity index (χ1v) is 8.53. The number of aryl methyl sites for hydroxylation is 1. The molecule has 0 N–H and O–H groups in total. The molecule has 0 atom stereocenters. The number of benzene rings is 1.